The molecule has 1 rings (SSSR count). The molecule has 1 saturated carbocycles. The third-order valence-corrected chi connectivity index (χ3v) is 1.82. The van der Waals surface area contributed by atoms with E-state index >= 15 is 0 Å². The van der Waals surface area contributed by atoms with Crippen molar-refractivity contribution in [2.75, 3.05) is 6.61 Å². The van der Waals surface area contributed by atoms with Crippen LogP contribution in [0, 0.1) is 0 Å². The maximum absolute atomic E-state index is 7.57. The van der Waals surface area contributed by atoms with E-state index in [0.29, 0.717) is 12.1 Å². The Hall–Kier alpha value is -0.120. The van der Waals surface area contributed by atoms with E-state index in [1.807, 2.05) is 0 Å². The lowest BCUT2D eigenvalue weighted by Gasteiger charge is -2.22. The van der Waals surface area contributed by atoms with Gasteiger partial charge < -0.3 is 16.6 Å². The molecule has 0 radical (unpaired) electrons. The van der Waals surface area contributed by atoms with Gasteiger partial charge in [-0.05, 0) is 32.6 Å². The molecule has 3 heteroatoms. The van der Waals surface area contributed by atoms with Crippen molar-refractivity contribution in [1.29, 1.82) is 0 Å². The Labute approximate surface area is 68.8 Å². The predicted octanol–water partition coefficient (Wildman–Crippen LogP) is 0.214. The van der Waals surface area contributed by atoms with E-state index in [9.17, 15) is 0 Å². The van der Waals surface area contributed by atoms with Crippen LogP contribution >= 0.6 is 0 Å². The van der Waals surface area contributed by atoms with Crippen molar-refractivity contribution in [3.63, 3.8) is 0 Å². The SMILES string of the molecule is CCO.NC1CCC(N)CC1. The van der Waals surface area contributed by atoms with Gasteiger partial charge in [-0.15, -0.1) is 0 Å². The van der Waals surface area contributed by atoms with E-state index in [1.165, 1.54) is 0 Å². The maximum atomic E-state index is 7.57. The smallest absolute Gasteiger partial charge is 0.0402 e. The number of hydrogen-bond acceptors (Lipinski definition) is 3. The minimum Gasteiger partial charge on any atom is -0.397 e. The third kappa shape index (κ3) is 6.28. The Bertz CT molecular complexity index is 70.2. The summed E-state index contributed by atoms with van der Waals surface area (Å²) < 4.78 is 0. The van der Waals surface area contributed by atoms with Crippen molar-refractivity contribution in [1.82, 2.24) is 0 Å². The molecule has 0 spiro atoms. The van der Waals surface area contributed by atoms with E-state index in [2.05, 4.69) is 0 Å². The van der Waals surface area contributed by atoms with Gasteiger partial charge in [-0.2, -0.15) is 0 Å². The van der Waals surface area contributed by atoms with Crippen molar-refractivity contribution >= 4 is 0 Å². The number of aliphatic hydroxyl groups is 1. The van der Waals surface area contributed by atoms with Crippen LogP contribution in [-0.4, -0.2) is 23.8 Å². The maximum Gasteiger partial charge on any atom is 0.0402 e. The molecule has 0 atom stereocenters. The zero-order valence-electron chi connectivity index (χ0n) is 7.29. The van der Waals surface area contributed by atoms with Crippen molar-refractivity contribution in [2.24, 2.45) is 11.5 Å². The summed E-state index contributed by atoms with van der Waals surface area (Å²) in [5.74, 6) is 0. The summed E-state index contributed by atoms with van der Waals surface area (Å²) in [6, 6.07) is 0.879. The second kappa shape index (κ2) is 6.58. The van der Waals surface area contributed by atoms with Crippen molar-refractivity contribution < 1.29 is 5.11 Å². The van der Waals surface area contributed by atoms with E-state index < -0.39 is 0 Å². The minimum atomic E-state index is 0.250. The average Bonchev–Trinajstić information content (AvgIpc) is 1.97. The molecule has 0 aromatic heterocycles. The summed E-state index contributed by atoms with van der Waals surface area (Å²) in [4.78, 5) is 0. The van der Waals surface area contributed by atoms with Crippen LogP contribution in [0.2, 0.25) is 0 Å². The molecule has 0 aromatic carbocycles. The van der Waals surface area contributed by atoms with E-state index in [-0.39, 0.29) is 6.61 Å². The second-order valence-corrected chi connectivity index (χ2v) is 2.99. The summed E-state index contributed by atoms with van der Waals surface area (Å²) >= 11 is 0. The first-order chi connectivity index (χ1) is 5.20. The van der Waals surface area contributed by atoms with E-state index in [1.54, 1.807) is 6.92 Å². The molecule has 0 saturated heterocycles. The molecular weight excluding hydrogens is 140 g/mol. The van der Waals surface area contributed by atoms with Crippen LogP contribution in [0.3, 0.4) is 0 Å². The van der Waals surface area contributed by atoms with Gasteiger partial charge in [-0.3, -0.25) is 0 Å². The lowest BCUT2D eigenvalue weighted by atomic mass is 9.93. The number of nitrogens with two attached hydrogens (primary N) is 2. The molecule has 0 aromatic rings. The summed E-state index contributed by atoms with van der Waals surface area (Å²) in [5, 5.41) is 7.57. The highest BCUT2D eigenvalue weighted by Gasteiger charge is 2.13. The fraction of sp³-hybridized carbons (Fsp3) is 1.00. The van der Waals surface area contributed by atoms with Gasteiger partial charge in [0.2, 0.25) is 0 Å². The molecule has 0 amide bonds. The highest BCUT2D eigenvalue weighted by molar-refractivity contribution is 4.75. The Morgan fingerprint density at radius 3 is 1.45 bits per heavy atom. The second-order valence-electron chi connectivity index (χ2n) is 2.99. The molecule has 0 heterocycles. The van der Waals surface area contributed by atoms with E-state index in [4.69, 9.17) is 16.6 Å². The number of aliphatic hydroxyl groups excluding tert-OH is 1. The summed E-state index contributed by atoms with van der Waals surface area (Å²) in [5.41, 5.74) is 11.3. The van der Waals surface area contributed by atoms with Gasteiger partial charge in [-0.25, -0.2) is 0 Å². The average molecular weight is 160 g/mol. The molecule has 1 aliphatic rings. The zero-order chi connectivity index (χ0) is 8.69. The predicted molar refractivity (Wildman–Crippen MR) is 47.2 cm³/mol. The third-order valence-electron chi connectivity index (χ3n) is 1.82. The molecule has 1 fully saturated rings. The molecular formula is C8H20N2O. The summed E-state index contributed by atoms with van der Waals surface area (Å²) in [7, 11) is 0. The Morgan fingerprint density at radius 2 is 1.27 bits per heavy atom. The minimum absolute atomic E-state index is 0.250. The summed E-state index contributed by atoms with van der Waals surface area (Å²) in [6.45, 7) is 1.93. The van der Waals surface area contributed by atoms with Crippen molar-refractivity contribution in [3.8, 4) is 0 Å². The normalized spacial score (nSPS) is 30.5. The van der Waals surface area contributed by atoms with Gasteiger partial charge in [0.25, 0.3) is 0 Å². The van der Waals surface area contributed by atoms with E-state index in [0.717, 1.165) is 25.7 Å². The Kier molecular flexibility index (Phi) is 6.51. The van der Waals surface area contributed by atoms with Crippen LogP contribution < -0.4 is 11.5 Å². The number of rotatable bonds is 0. The highest BCUT2D eigenvalue weighted by atomic mass is 16.2. The Morgan fingerprint density at radius 1 is 1.09 bits per heavy atom. The standard InChI is InChI=1S/C6H14N2.C2H6O/c7-5-1-2-6(8)4-3-5;1-2-3/h5-6H,1-4,7-8H2;3H,2H2,1H3. The lowest BCUT2D eigenvalue weighted by Crippen LogP contribution is -2.33. The molecule has 3 nitrogen and oxygen atoms in total. The van der Waals surface area contributed by atoms with Gasteiger partial charge >= 0.3 is 0 Å². The molecule has 0 bridgehead atoms. The fourth-order valence-corrected chi connectivity index (χ4v) is 1.14. The van der Waals surface area contributed by atoms with Gasteiger partial charge in [0.1, 0.15) is 0 Å². The van der Waals surface area contributed by atoms with Crippen molar-refractivity contribution in [3.05, 3.63) is 0 Å². The quantitative estimate of drug-likeness (QED) is 0.474. The number of hydrogen-bond donors (Lipinski definition) is 3. The first-order valence-corrected chi connectivity index (χ1v) is 4.32. The first-order valence-electron chi connectivity index (χ1n) is 4.32. The van der Waals surface area contributed by atoms with Crippen LogP contribution in [0.25, 0.3) is 0 Å². The molecule has 68 valence electrons. The monoisotopic (exact) mass is 160 g/mol. The van der Waals surface area contributed by atoms with Crippen LogP contribution in [0.4, 0.5) is 0 Å². The van der Waals surface area contributed by atoms with Crippen LogP contribution in [0.15, 0.2) is 0 Å². The molecule has 0 unspecified atom stereocenters. The van der Waals surface area contributed by atoms with Crippen LogP contribution in [-0.2, 0) is 0 Å². The first kappa shape index (κ1) is 10.9. The highest BCUT2D eigenvalue weighted by Crippen LogP contribution is 2.14. The van der Waals surface area contributed by atoms with Gasteiger partial charge in [0, 0.05) is 18.7 Å². The van der Waals surface area contributed by atoms with Crippen LogP contribution in [0.1, 0.15) is 32.6 Å². The van der Waals surface area contributed by atoms with Gasteiger partial charge in [0.15, 0.2) is 0 Å². The molecule has 11 heavy (non-hydrogen) atoms. The molecule has 0 aliphatic heterocycles. The summed E-state index contributed by atoms with van der Waals surface area (Å²) in [6.07, 6.45) is 4.50. The van der Waals surface area contributed by atoms with Gasteiger partial charge in [-0.1, -0.05) is 0 Å². The van der Waals surface area contributed by atoms with Crippen LogP contribution in [0.5, 0.6) is 0 Å². The lowest BCUT2D eigenvalue weighted by molar-refractivity contribution is 0.318. The fourth-order valence-electron chi connectivity index (χ4n) is 1.14. The topological polar surface area (TPSA) is 72.3 Å². The van der Waals surface area contributed by atoms with Crippen molar-refractivity contribution in [2.45, 2.75) is 44.7 Å². The molecule has 5 N–H and O–H groups in total. The largest absolute Gasteiger partial charge is 0.397 e. The van der Waals surface area contributed by atoms with Gasteiger partial charge in [0.05, 0.1) is 0 Å². The zero-order valence-corrected chi connectivity index (χ0v) is 7.29. The Balaban J connectivity index is 0.000000292. The molecule has 1 aliphatic carbocycles.